The van der Waals surface area contributed by atoms with Crippen LogP contribution in [0.15, 0.2) is 18.2 Å². The summed E-state index contributed by atoms with van der Waals surface area (Å²) in [4.78, 5) is 24.1. The van der Waals surface area contributed by atoms with Gasteiger partial charge in [0.1, 0.15) is 11.9 Å². The van der Waals surface area contributed by atoms with E-state index in [1.807, 2.05) is 0 Å². The second-order valence-electron chi connectivity index (χ2n) is 8.75. The molecule has 2 atom stereocenters. The van der Waals surface area contributed by atoms with Gasteiger partial charge in [0.25, 0.3) is 0 Å². The smallest absolute Gasteiger partial charge is 0.350 e. The Morgan fingerprint density at radius 1 is 1.23 bits per heavy atom. The first-order valence-electron chi connectivity index (χ1n) is 9.10. The van der Waals surface area contributed by atoms with Crippen molar-refractivity contribution in [3.8, 4) is 5.75 Å². The summed E-state index contributed by atoms with van der Waals surface area (Å²) in [6.45, 7) is 11.4. The van der Waals surface area contributed by atoms with Gasteiger partial charge in [-0.2, -0.15) is 0 Å². The van der Waals surface area contributed by atoms with Crippen LogP contribution >= 0.6 is 11.6 Å². The Hall–Kier alpha value is -1.55. The highest BCUT2D eigenvalue weighted by Crippen LogP contribution is 2.40. The lowest BCUT2D eigenvalue weighted by Crippen LogP contribution is -2.43. The summed E-state index contributed by atoms with van der Waals surface area (Å²) in [5, 5.41) is 0.297. The fraction of sp³-hybridized carbons (Fsp3) is 0.619. The Labute approximate surface area is 161 Å². The van der Waals surface area contributed by atoms with Gasteiger partial charge in [0.05, 0.1) is 5.02 Å². The number of hydrogen-bond acceptors (Lipinski definition) is 4. The molecule has 0 N–H and O–H groups in total. The zero-order valence-electron chi connectivity index (χ0n) is 16.5. The number of Topliss-reactive ketones (excluding diaryl/α,β-unsaturated/α-hetero) is 1. The Kier molecular flexibility index (Phi) is 6.06. The van der Waals surface area contributed by atoms with Crippen molar-refractivity contribution in [2.45, 2.75) is 72.5 Å². The van der Waals surface area contributed by atoms with E-state index in [-0.39, 0.29) is 17.3 Å². The number of carbonyl (C=O) groups excluding carboxylic acids is 2. The van der Waals surface area contributed by atoms with Crippen molar-refractivity contribution in [2.24, 2.45) is 11.3 Å². The van der Waals surface area contributed by atoms with Crippen molar-refractivity contribution in [1.29, 1.82) is 0 Å². The Morgan fingerprint density at radius 2 is 1.88 bits per heavy atom. The van der Waals surface area contributed by atoms with Crippen molar-refractivity contribution >= 4 is 23.4 Å². The quantitative estimate of drug-likeness (QED) is 0.502. The van der Waals surface area contributed by atoms with E-state index in [1.165, 1.54) is 6.92 Å². The molecule has 1 aromatic carbocycles. The van der Waals surface area contributed by atoms with Crippen LogP contribution in [0.1, 0.15) is 71.2 Å². The molecular weight excluding hydrogens is 352 g/mol. The van der Waals surface area contributed by atoms with Gasteiger partial charge in [-0.05, 0) is 69.6 Å². The van der Waals surface area contributed by atoms with Gasteiger partial charge in [-0.15, -0.1) is 0 Å². The lowest BCUT2D eigenvalue weighted by Gasteiger charge is -2.39. The second-order valence-corrected chi connectivity index (χ2v) is 9.16. The molecule has 5 heteroatoms. The number of esters is 1. The topological polar surface area (TPSA) is 52.6 Å². The molecule has 0 unspecified atom stereocenters. The Balaban J connectivity index is 2.07. The minimum absolute atomic E-state index is 0.0776. The van der Waals surface area contributed by atoms with Crippen LogP contribution in [0.5, 0.6) is 5.75 Å². The summed E-state index contributed by atoms with van der Waals surface area (Å²) in [7, 11) is 0. The highest BCUT2D eigenvalue weighted by atomic mass is 35.5. The lowest BCUT2D eigenvalue weighted by molar-refractivity contribution is -0.169. The molecule has 1 fully saturated rings. The van der Waals surface area contributed by atoms with Crippen LogP contribution in [0.3, 0.4) is 0 Å². The van der Waals surface area contributed by atoms with Crippen LogP contribution in [-0.2, 0) is 9.53 Å². The van der Waals surface area contributed by atoms with E-state index in [2.05, 4.69) is 20.8 Å². The van der Waals surface area contributed by atoms with E-state index in [4.69, 9.17) is 21.1 Å². The maximum absolute atomic E-state index is 12.7. The fourth-order valence-electron chi connectivity index (χ4n) is 3.76. The molecule has 0 amide bonds. The zero-order valence-corrected chi connectivity index (χ0v) is 17.3. The largest absolute Gasteiger partial charge is 0.475 e. The van der Waals surface area contributed by atoms with Gasteiger partial charge in [-0.25, -0.2) is 4.79 Å². The average molecular weight is 381 g/mol. The highest BCUT2D eigenvalue weighted by molar-refractivity contribution is 6.32. The van der Waals surface area contributed by atoms with Crippen molar-refractivity contribution in [2.75, 3.05) is 0 Å². The molecule has 0 aliphatic heterocycles. The minimum atomic E-state index is -1.17. The summed E-state index contributed by atoms with van der Waals surface area (Å²) in [5.74, 6) is 0.398. The molecule has 144 valence electrons. The molecule has 0 heterocycles. The van der Waals surface area contributed by atoms with Crippen LogP contribution in [0.2, 0.25) is 5.02 Å². The van der Waals surface area contributed by atoms with E-state index in [1.54, 1.807) is 32.0 Å². The molecule has 0 bridgehead atoms. The normalized spacial score (nSPS) is 22.6. The number of ketones is 1. The molecule has 0 spiro atoms. The van der Waals surface area contributed by atoms with Crippen molar-refractivity contribution in [3.05, 3.63) is 28.8 Å². The van der Waals surface area contributed by atoms with Crippen LogP contribution in [0.4, 0.5) is 0 Å². The van der Waals surface area contributed by atoms with Gasteiger partial charge in [-0.3, -0.25) is 4.79 Å². The Bertz CT molecular complexity index is 693. The first-order chi connectivity index (χ1) is 11.9. The van der Waals surface area contributed by atoms with Crippen LogP contribution in [0.25, 0.3) is 0 Å². The van der Waals surface area contributed by atoms with E-state index in [9.17, 15) is 9.59 Å². The van der Waals surface area contributed by atoms with Crippen LogP contribution in [0, 0.1) is 11.3 Å². The second kappa shape index (κ2) is 7.59. The van der Waals surface area contributed by atoms with Gasteiger partial charge >= 0.3 is 5.97 Å². The number of ether oxygens (including phenoxy) is 2. The van der Waals surface area contributed by atoms with Gasteiger partial charge < -0.3 is 9.47 Å². The molecule has 4 nitrogen and oxygen atoms in total. The molecule has 1 saturated carbocycles. The Morgan fingerprint density at radius 3 is 2.42 bits per heavy atom. The predicted octanol–water partition coefficient (Wildman–Crippen LogP) is 5.46. The van der Waals surface area contributed by atoms with Crippen LogP contribution in [-0.4, -0.2) is 23.5 Å². The van der Waals surface area contributed by atoms with E-state index >= 15 is 0 Å². The third-order valence-electron chi connectivity index (χ3n) is 4.82. The first-order valence-corrected chi connectivity index (χ1v) is 9.48. The number of hydrogen-bond donors (Lipinski definition) is 0. The first kappa shape index (κ1) is 20.8. The maximum atomic E-state index is 12.7. The van der Waals surface area contributed by atoms with Gasteiger partial charge in [0.2, 0.25) is 0 Å². The van der Waals surface area contributed by atoms with E-state index in [0.717, 1.165) is 19.3 Å². The average Bonchev–Trinajstić information content (AvgIpc) is 2.46. The van der Waals surface area contributed by atoms with Crippen molar-refractivity contribution < 1.29 is 19.1 Å². The summed E-state index contributed by atoms with van der Waals surface area (Å²) in [6, 6.07) is 4.79. The highest BCUT2D eigenvalue weighted by Gasteiger charge is 2.38. The zero-order chi connectivity index (χ0) is 19.7. The van der Waals surface area contributed by atoms with Crippen molar-refractivity contribution in [3.63, 3.8) is 0 Å². The third kappa shape index (κ3) is 5.23. The molecule has 0 aromatic heterocycles. The molecule has 1 aliphatic carbocycles. The van der Waals surface area contributed by atoms with Gasteiger partial charge in [-0.1, -0.05) is 32.4 Å². The number of rotatable bonds is 5. The van der Waals surface area contributed by atoms with Crippen molar-refractivity contribution in [1.82, 2.24) is 0 Å². The van der Waals surface area contributed by atoms with Gasteiger partial charge in [0, 0.05) is 5.56 Å². The van der Waals surface area contributed by atoms with Gasteiger partial charge in [0.15, 0.2) is 11.4 Å². The number of benzene rings is 1. The molecule has 2 rings (SSSR count). The number of halogens is 1. The van der Waals surface area contributed by atoms with Crippen LogP contribution < -0.4 is 4.74 Å². The molecule has 1 aromatic rings. The summed E-state index contributed by atoms with van der Waals surface area (Å²) in [5.41, 5.74) is -0.507. The van der Waals surface area contributed by atoms with E-state index < -0.39 is 11.6 Å². The minimum Gasteiger partial charge on any atom is -0.475 e. The molecule has 0 radical (unpaired) electrons. The molecule has 26 heavy (non-hydrogen) atoms. The predicted molar refractivity (Wildman–Crippen MR) is 103 cm³/mol. The maximum Gasteiger partial charge on any atom is 0.350 e. The number of carbonyl (C=O) groups is 2. The molecule has 0 saturated heterocycles. The monoisotopic (exact) mass is 380 g/mol. The summed E-state index contributed by atoms with van der Waals surface area (Å²) < 4.78 is 11.6. The molecular formula is C21H29ClO4. The standard InChI is InChI=1S/C21H29ClO4/c1-13-9-16(12-20(3,4)11-13)25-19(24)21(5,6)26-18-8-7-15(14(2)23)10-17(18)22/h7-8,10,13,16H,9,11-12H2,1-6H3/t13-,16-/m0/s1. The molecule has 1 aliphatic rings. The lowest BCUT2D eigenvalue weighted by atomic mass is 9.71. The van der Waals surface area contributed by atoms with E-state index in [0.29, 0.717) is 22.3 Å². The SMILES string of the molecule is CC(=O)c1ccc(OC(C)(C)C(=O)O[C@H]2C[C@H](C)CC(C)(C)C2)c(Cl)c1. The summed E-state index contributed by atoms with van der Waals surface area (Å²) in [6.07, 6.45) is 2.77. The fourth-order valence-corrected chi connectivity index (χ4v) is 3.98. The summed E-state index contributed by atoms with van der Waals surface area (Å²) >= 11 is 6.20. The third-order valence-corrected chi connectivity index (χ3v) is 5.11.